The monoisotopic (exact) mass is 437 g/mol. The Morgan fingerprint density at radius 1 is 1.45 bits per heavy atom. The van der Waals surface area contributed by atoms with Crippen LogP contribution in [0.5, 0.6) is 5.75 Å². The van der Waals surface area contributed by atoms with Gasteiger partial charge in [-0.25, -0.2) is 9.78 Å². The number of hydrogen-bond acceptors (Lipinski definition) is 10. The largest absolute Gasteiger partial charge is 0.858 e. The smallest absolute Gasteiger partial charge is 0.435 e. The number of aliphatic imine (C=N–C) groups is 1. The molecule has 12 heteroatoms. The molecule has 3 heterocycles. The van der Waals surface area contributed by atoms with Gasteiger partial charge in [0.25, 0.3) is 0 Å². The number of nitrogens with two attached hydrogens (primary N) is 2. The van der Waals surface area contributed by atoms with Crippen molar-refractivity contribution in [2.24, 2.45) is 12.0 Å². The molecule has 5 N–H and O–H groups in total. The van der Waals surface area contributed by atoms with E-state index in [2.05, 4.69) is 15.2 Å². The minimum Gasteiger partial charge on any atom is -0.858 e. The fourth-order valence-corrected chi connectivity index (χ4v) is 4.13. The maximum absolute atomic E-state index is 12.9. The van der Waals surface area contributed by atoms with Crippen molar-refractivity contribution >= 4 is 44.6 Å². The number of aryl methyl sites for hydroxylation is 1. The van der Waals surface area contributed by atoms with E-state index < -0.39 is 11.5 Å². The number of thiophene rings is 1. The van der Waals surface area contributed by atoms with Gasteiger partial charge in [-0.1, -0.05) is 10.7 Å². The third kappa shape index (κ3) is 3.22. The summed E-state index contributed by atoms with van der Waals surface area (Å²) in [7, 11) is 3.03. The summed E-state index contributed by atoms with van der Waals surface area (Å²) in [5, 5.41) is 25.2. The van der Waals surface area contributed by atoms with Crippen molar-refractivity contribution in [2.75, 3.05) is 18.6 Å². The lowest BCUT2D eigenvalue weighted by atomic mass is 10.0. The molecule has 0 amide bonds. The number of aromatic amines is 1. The van der Waals surface area contributed by atoms with Crippen molar-refractivity contribution in [3.8, 4) is 23.1 Å². The number of rotatable bonds is 4. The highest BCUT2D eigenvalue weighted by atomic mass is 32.1. The summed E-state index contributed by atoms with van der Waals surface area (Å²) in [6, 6.07) is 8.61. The highest BCUT2D eigenvalue weighted by Crippen LogP contribution is 2.41. The van der Waals surface area contributed by atoms with Gasteiger partial charge in [0, 0.05) is 12.0 Å². The van der Waals surface area contributed by atoms with Gasteiger partial charge >= 0.3 is 11.3 Å². The molecule has 0 fully saturated rings. The van der Waals surface area contributed by atoms with E-state index >= 15 is 0 Å². The van der Waals surface area contributed by atoms with Crippen LogP contribution in [0.1, 0.15) is 10.4 Å². The van der Waals surface area contributed by atoms with Crippen molar-refractivity contribution in [2.45, 2.75) is 0 Å². The topological polar surface area (TPSA) is 183 Å². The molecule has 4 aromatic rings. The molecule has 0 radical (unpaired) electrons. The van der Waals surface area contributed by atoms with Crippen molar-refractivity contribution < 1.29 is 19.0 Å². The molecule has 0 aliphatic carbocycles. The third-order valence-electron chi connectivity index (χ3n) is 4.54. The first-order valence-corrected chi connectivity index (χ1v) is 9.56. The Labute approximate surface area is 178 Å². The van der Waals surface area contributed by atoms with E-state index in [1.165, 1.54) is 18.8 Å². The van der Waals surface area contributed by atoms with Gasteiger partial charge in [-0.05, 0) is 17.4 Å². The molecule has 0 aliphatic heterocycles. The number of H-pyrrole nitrogens is 1. The van der Waals surface area contributed by atoms with Crippen molar-refractivity contribution in [3.05, 3.63) is 45.1 Å². The molecule has 4 rings (SSSR count). The number of methoxy groups -OCH3 is 1. The van der Waals surface area contributed by atoms with Crippen LogP contribution in [0.2, 0.25) is 0 Å². The molecule has 0 saturated carbocycles. The number of anilines is 2. The van der Waals surface area contributed by atoms with Gasteiger partial charge in [-0.15, -0.1) is 11.3 Å². The maximum atomic E-state index is 12.9. The Balaban J connectivity index is 2.00. The lowest BCUT2D eigenvalue weighted by Gasteiger charge is -2.10. The van der Waals surface area contributed by atoms with Gasteiger partial charge in [0.2, 0.25) is 0 Å². The van der Waals surface area contributed by atoms with E-state index in [-0.39, 0.29) is 43.4 Å². The average Bonchev–Trinajstić information content (AvgIpc) is 3.25. The van der Waals surface area contributed by atoms with E-state index in [0.717, 1.165) is 11.3 Å². The van der Waals surface area contributed by atoms with E-state index in [1.807, 2.05) is 6.07 Å². The van der Waals surface area contributed by atoms with Crippen LogP contribution in [0.3, 0.4) is 0 Å². The SMILES string of the molecule is COc1cccc(N=C([O-])c2sc3nc(N)c(C#N)c(-c4c(=O)o[nH][n+]4C)c3c2N)c1. The molecular weight excluding hydrogens is 422 g/mol. The Kier molecular flexibility index (Phi) is 4.80. The molecule has 0 unspecified atom stereocenters. The number of hydrogen-bond donors (Lipinski definition) is 3. The van der Waals surface area contributed by atoms with Gasteiger partial charge < -0.3 is 21.3 Å². The first-order valence-electron chi connectivity index (χ1n) is 8.75. The number of benzene rings is 1. The third-order valence-corrected chi connectivity index (χ3v) is 5.62. The molecule has 11 nitrogen and oxygen atoms in total. The number of nitriles is 1. The van der Waals surface area contributed by atoms with E-state index in [9.17, 15) is 15.2 Å². The van der Waals surface area contributed by atoms with E-state index in [4.69, 9.17) is 20.7 Å². The Hall–Kier alpha value is -4.37. The maximum Gasteiger partial charge on any atom is 0.435 e. The Bertz CT molecular complexity index is 1460. The summed E-state index contributed by atoms with van der Waals surface area (Å²) in [5.41, 5.74) is 12.0. The summed E-state index contributed by atoms with van der Waals surface area (Å²) in [4.78, 5) is 21.0. The molecule has 31 heavy (non-hydrogen) atoms. The zero-order valence-electron chi connectivity index (χ0n) is 16.3. The Morgan fingerprint density at radius 2 is 2.23 bits per heavy atom. The molecular formula is C19H15N7O4S. The van der Waals surface area contributed by atoms with Crippen LogP contribution in [-0.2, 0) is 7.05 Å². The first-order chi connectivity index (χ1) is 14.8. The van der Waals surface area contributed by atoms with Crippen LogP contribution in [0, 0.1) is 11.3 Å². The van der Waals surface area contributed by atoms with Gasteiger partial charge in [0.05, 0.1) is 34.3 Å². The van der Waals surface area contributed by atoms with Crippen LogP contribution in [0.25, 0.3) is 21.5 Å². The fourth-order valence-electron chi connectivity index (χ4n) is 3.14. The quantitative estimate of drug-likeness (QED) is 0.235. The van der Waals surface area contributed by atoms with Gasteiger partial charge in [0.1, 0.15) is 28.0 Å². The molecule has 0 saturated heterocycles. The summed E-state index contributed by atoms with van der Waals surface area (Å²) in [5.74, 6) is -0.168. The number of nitrogens with zero attached hydrogens (tertiary/aromatic N) is 4. The van der Waals surface area contributed by atoms with Crippen molar-refractivity contribution in [3.63, 3.8) is 0 Å². The second-order valence-electron chi connectivity index (χ2n) is 6.39. The van der Waals surface area contributed by atoms with Crippen LogP contribution in [-0.4, -0.2) is 23.3 Å². The standard InChI is InChI=1S/C19H15N7O4S/c1-26-14(19(28)30-25-26)11-10(7-20)16(22)24-18-12(11)13(21)15(31-18)17(27)23-8-4-3-5-9(6-8)29-2/h3-6H,1-2H3,(H5-,21,22,23,24,25,27,28). The second kappa shape index (κ2) is 7.47. The molecule has 0 spiro atoms. The van der Waals surface area contributed by atoms with Gasteiger partial charge in [0.15, 0.2) is 7.05 Å². The highest BCUT2D eigenvalue weighted by Gasteiger charge is 2.31. The molecule has 0 bridgehead atoms. The van der Waals surface area contributed by atoms with Crippen LogP contribution >= 0.6 is 11.3 Å². The zero-order chi connectivity index (χ0) is 22.3. The summed E-state index contributed by atoms with van der Waals surface area (Å²) in [6.07, 6.45) is 0. The normalized spacial score (nSPS) is 11.6. The van der Waals surface area contributed by atoms with E-state index in [1.54, 1.807) is 24.3 Å². The lowest BCUT2D eigenvalue weighted by Crippen LogP contribution is -2.34. The van der Waals surface area contributed by atoms with Crippen LogP contribution < -0.4 is 31.6 Å². The summed E-state index contributed by atoms with van der Waals surface area (Å²) >= 11 is 0.966. The molecule has 156 valence electrons. The first kappa shape index (κ1) is 19.9. The highest BCUT2D eigenvalue weighted by molar-refractivity contribution is 7.21. The minimum atomic E-state index is -0.731. The summed E-state index contributed by atoms with van der Waals surface area (Å²) in [6.45, 7) is 0. The molecule has 3 aromatic heterocycles. The van der Waals surface area contributed by atoms with E-state index in [0.29, 0.717) is 11.4 Å². The number of fused-ring (bicyclic) bond motifs is 1. The van der Waals surface area contributed by atoms with Gasteiger partial charge in [-0.2, -0.15) is 5.26 Å². The van der Waals surface area contributed by atoms with Crippen LogP contribution in [0.4, 0.5) is 17.2 Å². The van der Waals surface area contributed by atoms with Gasteiger partial charge in [-0.3, -0.25) is 9.52 Å². The molecule has 1 aromatic carbocycles. The molecule has 0 aliphatic rings. The number of nitrogens with one attached hydrogen (secondary N) is 1. The zero-order valence-corrected chi connectivity index (χ0v) is 17.1. The lowest BCUT2D eigenvalue weighted by molar-refractivity contribution is -0.730. The average molecular weight is 437 g/mol. The number of aromatic nitrogens is 3. The van der Waals surface area contributed by atoms with Crippen molar-refractivity contribution in [1.82, 2.24) is 10.3 Å². The Morgan fingerprint density at radius 3 is 2.87 bits per heavy atom. The predicted molar refractivity (Wildman–Crippen MR) is 112 cm³/mol. The number of nitrogen functional groups attached to an aromatic ring is 2. The predicted octanol–water partition coefficient (Wildman–Crippen LogP) is 0.552. The van der Waals surface area contributed by atoms with Crippen molar-refractivity contribution in [1.29, 1.82) is 5.26 Å². The number of pyridine rings is 1. The molecule has 0 atom stereocenters. The summed E-state index contributed by atoms with van der Waals surface area (Å²) < 4.78 is 11.2. The minimum absolute atomic E-state index is 0.0175. The second-order valence-corrected chi connectivity index (χ2v) is 7.39. The number of ether oxygens (including phenoxy) is 1. The van der Waals surface area contributed by atoms with Crippen LogP contribution in [0.15, 0.2) is 38.6 Å². The fraction of sp³-hybridized carbons (Fsp3) is 0.105.